The topological polar surface area (TPSA) is 57.5 Å². The van der Waals surface area contributed by atoms with Gasteiger partial charge in [-0.1, -0.05) is 18.2 Å². The van der Waals surface area contributed by atoms with Crippen LogP contribution in [0.25, 0.3) is 0 Å². The van der Waals surface area contributed by atoms with E-state index >= 15 is 0 Å². The number of rotatable bonds is 4. The van der Waals surface area contributed by atoms with Gasteiger partial charge in [-0.15, -0.1) is 11.8 Å². The van der Waals surface area contributed by atoms with Gasteiger partial charge >= 0.3 is 5.97 Å². The number of carboxylic acid groups (broad SMARTS) is 1. The third-order valence-corrected chi connectivity index (χ3v) is 3.03. The van der Waals surface area contributed by atoms with Crippen molar-refractivity contribution in [3.63, 3.8) is 0 Å². The zero-order chi connectivity index (χ0) is 11.5. The van der Waals surface area contributed by atoms with Crippen LogP contribution in [0.3, 0.4) is 0 Å². The molecular formula is C11H14O3S. The smallest absolute Gasteiger partial charge is 0.335 e. The molecule has 4 heteroatoms. The summed E-state index contributed by atoms with van der Waals surface area (Å²) in [6.07, 6.45) is 2.05. The van der Waals surface area contributed by atoms with Crippen molar-refractivity contribution in [3.05, 3.63) is 29.8 Å². The van der Waals surface area contributed by atoms with Crippen LogP contribution in [0, 0.1) is 0 Å². The molecule has 0 bridgehead atoms. The molecule has 0 spiro atoms. The summed E-state index contributed by atoms with van der Waals surface area (Å²) in [6.45, 7) is 1.31. The van der Waals surface area contributed by atoms with Crippen molar-refractivity contribution < 1.29 is 15.0 Å². The van der Waals surface area contributed by atoms with Crippen LogP contribution in [0.15, 0.2) is 29.2 Å². The average molecular weight is 226 g/mol. The van der Waals surface area contributed by atoms with E-state index in [1.807, 2.05) is 30.5 Å². The lowest BCUT2D eigenvalue weighted by Crippen LogP contribution is -2.37. The maximum atomic E-state index is 10.8. The highest BCUT2D eigenvalue weighted by Gasteiger charge is 2.30. The molecule has 0 aliphatic heterocycles. The van der Waals surface area contributed by atoms with Gasteiger partial charge < -0.3 is 10.2 Å². The van der Waals surface area contributed by atoms with Gasteiger partial charge in [-0.25, -0.2) is 4.79 Å². The minimum Gasteiger partial charge on any atom is -0.479 e. The van der Waals surface area contributed by atoms with Crippen molar-refractivity contribution in [2.24, 2.45) is 0 Å². The Hall–Kier alpha value is -1.00. The molecule has 0 fully saturated rings. The summed E-state index contributed by atoms with van der Waals surface area (Å²) in [6, 6.07) is 7.49. The highest BCUT2D eigenvalue weighted by Crippen LogP contribution is 2.24. The molecular weight excluding hydrogens is 212 g/mol. The Kier molecular flexibility index (Phi) is 3.77. The predicted molar refractivity (Wildman–Crippen MR) is 60.2 cm³/mol. The molecule has 0 amide bonds. The van der Waals surface area contributed by atoms with Crippen LogP contribution in [0.4, 0.5) is 0 Å². The molecule has 0 heterocycles. The molecule has 15 heavy (non-hydrogen) atoms. The summed E-state index contributed by atoms with van der Waals surface area (Å²) in [5, 5.41) is 18.5. The third-order valence-electron chi connectivity index (χ3n) is 2.19. The van der Waals surface area contributed by atoms with Gasteiger partial charge in [-0.05, 0) is 24.8 Å². The predicted octanol–water partition coefficient (Wildman–Crippen LogP) is 1.79. The Bertz CT molecular complexity index is 361. The zero-order valence-electron chi connectivity index (χ0n) is 8.73. The molecule has 0 radical (unpaired) electrons. The van der Waals surface area contributed by atoms with E-state index in [0.29, 0.717) is 0 Å². The number of hydrogen-bond donors (Lipinski definition) is 2. The monoisotopic (exact) mass is 226 g/mol. The number of thioether (sulfide) groups is 1. The van der Waals surface area contributed by atoms with Crippen LogP contribution in [0.2, 0.25) is 0 Å². The number of carboxylic acids is 1. The minimum absolute atomic E-state index is 0.124. The molecule has 0 aliphatic rings. The van der Waals surface area contributed by atoms with E-state index in [9.17, 15) is 9.90 Å². The van der Waals surface area contributed by atoms with E-state index in [4.69, 9.17) is 5.11 Å². The van der Waals surface area contributed by atoms with E-state index in [1.165, 1.54) is 6.92 Å². The van der Waals surface area contributed by atoms with Gasteiger partial charge in [0.1, 0.15) is 0 Å². The number of benzene rings is 1. The first-order valence-corrected chi connectivity index (χ1v) is 5.77. The molecule has 82 valence electrons. The van der Waals surface area contributed by atoms with E-state index in [0.717, 1.165) is 10.5 Å². The molecule has 0 aromatic heterocycles. The highest BCUT2D eigenvalue weighted by molar-refractivity contribution is 7.98. The Balaban J connectivity index is 2.94. The van der Waals surface area contributed by atoms with Crippen LogP contribution in [-0.4, -0.2) is 28.0 Å². The fraction of sp³-hybridized carbons (Fsp3) is 0.364. The van der Waals surface area contributed by atoms with Crippen LogP contribution in [0.5, 0.6) is 0 Å². The summed E-state index contributed by atoms with van der Waals surface area (Å²) in [5.41, 5.74) is -0.844. The fourth-order valence-corrected chi connectivity index (χ4v) is 1.91. The number of aliphatic carboxylic acids is 1. The molecule has 1 aromatic carbocycles. The van der Waals surface area contributed by atoms with Gasteiger partial charge in [0, 0.05) is 11.3 Å². The normalized spacial score (nSPS) is 14.6. The highest BCUT2D eigenvalue weighted by atomic mass is 32.2. The summed E-state index contributed by atoms with van der Waals surface area (Å²) >= 11 is 1.54. The first kappa shape index (κ1) is 12.1. The van der Waals surface area contributed by atoms with Gasteiger partial charge in [-0.2, -0.15) is 0 Å². The van der Waals surface area contributed by atoms with Gasteiger partial charge in [0.05, 0.1) is 0 Å². The van der Waals surface area contributed by atoms with Gasteiger partial charge in [0.2, 0.25) is 0 Å². The zero-order valence-corrected chi connectivity index (χ0v) is 9.54. The summed E-state index contributed by atoms with van der Waals surface area (Å²) in [7, 11) is 0. The van der Waals surface area contributed by atoms with E-state index in [-0.39, 0.29) is 6.42 Å². The van der Waals surface area contributed by atoms with Gasteiger partial charge in [0.25, 0.3) is 0 Å². The first-order chi connectivity index (χ1) is 6.97. The Morgan fingerprint density at radius 2 is 2.07 bits per heavy atom. The average Bonchev–Trinajstić information content (AvgIpc) is 2.18. The first-order valence-electron chi connectivity index (χ1n) is 4.55. The standard InChI is InChI=1S/C11H14O3S/c1-11(14,10(12)13)7-8-5-3-4-6-9(8)15-2/h3-6,14H,7H2,1-2H3,(H,12,13). The van der Waals surface area contributed by atoms with Crippen LogP contribution in [-0.2, 0) is 11.2 Å². The molecule has 2 N–H and O–H groups in total. The molecule has 3 nitrogen and oxygen atoms in total. The van der Waals surface area contributed by atoms with Gasteiger partial charge in [0.15, 0.2) is 5.60 Å². The van der Waals surface area contributed by atoms with Crippen molar-refractivity contribution in [2.45, 2.75) is 23.8 Å². The number of carbonyl (C=O) groups is 1. The van der Waals surface area contributed by atoms with Crippen molar-refractivity contribution in [3.8, 4) is 0 Å². The maximum absolute atomic E-state index is 10.8. The number of aliphatic hydroxyl groups is 1. The van der Waals surface area contributed by atoms with Crippen molar-refractivity contribution in [2.75, 3.05) is 6.26 Å². The second kappa shape index (κ2) is 4.68. The molecule has 1 unspecified atom stereocenters. The van der Waals surface area contributed by atoms with Crippen molar-refractivity contribution in [1.82, 2.24) is 0 Å². The molecule has 0 aliphatic carbocycles. The Labute approximate surface area is 93.1 Å². The van der Waals surface area contributed by atoms with E-state index in [2.05, 4.69) is 0 Å². The summed E-state index contributed by atoms with van der Waals surface area (Å²) in [4.78, 5) is 11.8. The van der Waals surface area contributed by atoms with Crippen molar-refractivity contribution in [1.29, 1.82) is 0 Å². The van der Waals surface area contributed by atoms with Crippen LogP contribution < -0.4 is 0 Å². The fourth-order valence-electron chi connectivity index (χ4n) is 1.30. The largest absolute Gasteiger partial charge is 0.479 e. The van der Waals surface area contributed by atoms with E-state index < -0.39 is 11.6 Å². The molecule has 1 rings (SSSR count). The molecule has 0 saturated carbocycles. The second-order valence-electron chi connectivity index (χ2n) is 3.57. The van der Waals surface area contributed by atoms with E-state index in [1.54, 1.807) is 11.8 Å². The molecule has 1 atom stereocenters. The maximum Gasteiger partial charge on any atom is 0.335 e. The molecule has 1 aromatic rings. The second-order valence-corrected chi connectivity index (χ2v) is 4.42. The lowest BCUT2D eigenvalue weighted by Gasteiger charge is -2.19. The molecule has 0 saturated heterocycles. The lowest BCUT2D eigenvalue weighted by molar-refractivity contribution is -0.156. The minimum atomic E-state index is -1.70. The van der Waals surface area contributed by atoms with Gasteiger partial charge in [-0.3, -0.25) is 0 Å². The SMILES string of the molecule is CSc1ccccc1CC(C)(O)C(=O)O. The summed E-state index contributed by atoms with van der Waals surface area (Å²) in [5.74, 6) is -1.20. The Morgan fingerprint density at radius 3 is 2.60 bits per heavy atom. The van der Waals surface area contributed by atoms with Crippen LogP contribution in [0.1, 0.15) is 12.5 Å². The summed E-state index contributed by atoms with van der Waals surface area (Å²) < 4.78 is 0. The Morgan fingerprint density at radius 1 is 1.47 bits per heavy atom. The number of hydrogen-bond acceptors (Lipinski definition) is 3. The quantitative estimate of drug-likeness (QED) is 0.768. The van der Waals surface area contributed by atoms with Crippen LogP contribution >= 0.6 is 11.8 Å². The third kappa shape index (κ3) is 2.97. The van der Waals surface area contributed by atoms with Crippen molar-refractivity contribution >= 4 is 17.7 Å². The lowest BCUT2D eigenvalue weighted by atomic mass is 9.97.